The van der Waals surface area contributed by atoms with Gasteiger partial charge in [0.1, 0.15) is 11.3 Å². The molecule has 0 bridgehead atoms. The van der Waals surface area contributed by atoms with Crippen molar-refractivity contribution >= 4 is 29.1 Å². The monoisotopic (exact) mass is 373 g/mol. The van der Waals surface area contributed by atoms with E-state index in [0.29, 0.717) is 35.4 Å². The second-order valence-corrected chi connectivity index (χ2v) is 7.61. The molecule has 2 aromatic rings. The molecule has 9 heteroatoms. The zero-order valence-electron chi connectivity index (χ0n) is 14.9. The number of likely N-dealkylation sites (tertiary alicyclic amines) is 1. The van der Waals surface area contributed by atoms with Gasteiger partial charge in [0.25, 0.3) is 6.01 Å². The molecule has 5 rings (SSSR count). The van der Waals surface area contributed by atoms with E-state index in [0.717, 1.165) is 31.1 Å². The van der Waals surface area contributed by atoms with Crippen LogP contribution >= 0.6 is 0 Å². The van der Waals surface area contributed by atoms with Gasteiger partial charge in [0.05, 0.1) is 12.6 Å². The van der Waals surface area contributed by atoms with Crippen LogP contribution in [0, 0.1) is 17.7 Å². The van der Waals surface area contributed by atoms with E-state index in [1.54, 1.807) is 6.07 Å². The highest BCUT2D eigenvalue weighted by Gasteiger charge is 2.45. The fourth-order valence-corrected chi connectivity index (χ4v) is 4.39. The molecule has 4 heterocycles. The molecule has 3 unspecified atom stereocenters. The summed E-state index contributed by atoms with van der Waals surface area (Å²) in [6, 6.07) is 4.54. The van der Waals surface area contributed by atoms with E-state index in [9.17, 15) is 14.0 Å². The number of urea groups is 1. The minimum Gasteiger partial charge on any atom is -0.423 e. The maximum atomic E-state index is 13.3. The SMILES string of the molecule is CN1C(=O)CC(N2CC3CN(c4nc5ccc(F)cc5o4)CC3C2)NC1=O. The number of oxazole rings is 1. The van der Waals surface area contributed by atoms with Crippen molar-refractivity contribution in [2.45, 2.75) is 12.6 Å². The highest BCUT2D eigenvalue weighted by atomic mass is 19.1. The molecule has 1 N–H and O–H groups in total. The van der Waals surface area contributed by atoms with Crippen LogP contribution < -0.4 is 10.2 Å². The van der Waals surface area contributed by atoms with E-state index in [2.05, 4.69) is 20.1 Å². The maximum Gasteiger partial charge on any atom is 0.325 e. The van der Waals surface area contributed by atoms with Crippen molar-refractivity contribution in [1.82, 2.24) is 20.1 Å². The van der Waals surface area contributed by atoms with Crippen molar-refractivity contribution < 1.29 is 18.4 Å². The Kier molecular flexibility index (Phi) is 3.61. The minimum absolute atomic E-state index is 0.152. The molecule has 3 fully saturated rings. The maximum absolute atomic E-state index is 13.3. The number of hydrogen-bond acceptors (Lipinski definition) is 6. The highest BCUT2D eigenvalue weighted by Crippen LogP contribution is 2.36. The van der Waals surface area contributed by atoms with Crippen LogP contribution in [0.5, 0.6) is 0 Å². The average Bonchev–Trinajstić information content (AvgIpc) is 3.30. The van der Waals surface area contributed by atoms with Gasteiger partial charge in [-0.15, -0.1) is 0 Å². The van der Waals surface area contributed by atoms with Crippen molar-refractivity contribution in [2.24, 2.45) is 11.8 Å². The number of carbonyl (C=O) groups is 2. The van der Waals surface area contributed by atoms with E-state index >= 15 is 0 Å². The zero-order valence-corrected chi connectivity index (χ0v) is 14.9. The van der Waals surface area contributed by atoms with Crippen LogP contribution in [0.3, 0.4) is 0 Å². The van der Waals surface area contributed by atoms with Crippen LogP contribution in [0.4, 0.5) is 15.2 Å². The number of aromatic nitrogens is 1. The summed E-state index contributed by atoms with van der Waals surface area (Å²) in [4.78, 5) is 33.7. The number of rotatable bonds is 2. The Hall–Kier alpha value is -2.68. The predicted molar refractivity (Wildman–Crippen MR) is 94.4 cm³/mol. The number of nitrogens with zero attached hydrogens (tertiary/aromatic N) is 4. The van der Waals surface area contributed by atoms with Crippen molar-refractivity contribution in [3.8, 4) is 0 Å². The molecule has 1 aromatic carbocycles. The number of nitrogens with one attached hydrogen (secondary N) is 1. The molecular formula is C18H20FN5O3. The fraction of sp³-hybridized carbons (Fsp3) is 0.500. The molecule has 3 aliphatic rings. The minimum atomic E-state index is -0.339. The van der Waals surface area contributed by atoms with Crippen LogP contribution in [0.15, 0.2) is 22.6 Å². The quantitative estimate of drug-likeness (QED) is 0.853. The van der Waals surface area contributed by atoms with Gasteiger partial charge in [0.2, 0.25) is 5.91 Å². The number of halogens is 1. The number of fused-ring (bicyclic) bond motifs is 2. The molecule has 0 aliphatic carbocycles. The summed E-state index contributed by atoms with van der Waals surface area (Å²) in [5, 5.41) is 2.91. The van der Waals surface area contributed by atoms with Gasteiger partial charge in [0.15, 0.2) is 5.58 Å². The third-order valence-electron chi connectivity index (χ3n) is 5.90. The van der Waals surface area contributed by atoms with Crippen LogP contribution in [-0.2, 0) is 4.79 Å². The van der Waals surface area contributed by atoms with Gasteiger partial charge in [-0.1, -0.05) is 0 Å². The second-order valence-electron chi connectivity index (χ2n) is 7.61. The lowest BCUT2D eigenvalue weighted by atomic mass is 10.0. The van der Waals surface area contributed by atoms with Crippen molar-refractivity contribution in [3.05, 3.63) is 24.0 Å². The molecule has 3 aliphatic heterocycles. The molecule has 0 spiro atoms. The van der Waals surface area contributed by atoms with E-state index in [1.165, 1.54) is 19.2 Å². The number of benzene rings is 1. The largest absolute Gasteiger partial charge is 0.423 e. The molecule has 3 saturated heterocycles. The third-order valence-corrected chi connectivity index (χ3v) is 5.90. The van der Waals surface area contributed by atoms with Crippen molar-refractivity contribution in [1.29, 1.82) is 0 Å². The molecular weight excluding hydrogens is 353 g/mol. The smallest absolute Gasteiger partial charge is 0.325 e. The Bertz CT molecular complexity index is 899. The van der Waals surface area contributed by atoms with E-state index in [4.69, 9.17) is 4.42 Å². The van der Waals surface area contributed by atoms with E-state index in [1.807, 2.05) is 0 Å². The lowest BCUT2D eigenvalue weighted by Crippen LogP contribution is -2.59. The first-order chi connectivity index (χ1) is 13.0. The first-order valence-electron chi connectivity index (χ1n) is 9.10. The summed E-state index contributed by atoms with van der Waals surface area (Å²) in [5.74, 6) is 0.349. The van der Waals surface area contributed by atoms with Gasteiger partial charge in [-0.2, -0.15) is 4.98 Å². The average molecular weight is 373 g/mol. The van der Waals surface area contributed by atoms with Crippen LogP contribution in [0.1, 0.15) is 6.42 Å². The zero-order chi connectivity index (χ0) is 18.7. The third kappa shape index (κ3) is 2.73. The summed E-state index contributed by atoms with van der Waals surface area (Å²) in [6.07, 6.45) is 0.0785. The van der Waals surface area contributed by atoms with E-state index in [-0.39, 0.29) is 23.9 Å². The molecule has 3 atom stereocenters. The van der Waals surface area contributed by atoms with Gasteiger partial charge < -0.3 is 14.6 Å². The fourth-order valence-electron chi connectivity index (χ4n) is 4.39. The van der Waals surface area contributed by atoms with Crippen LogP contribution in [0.25, 0.3) is 11.1 Å². The Morgan fingerprint density at radius 3 is 2.63 bits per heavy atom. The standard InChI is InChI=1S/C18H20FN5O3/c1-22-16(25)5-15(21-17(22)26)23-6-10-8-24(9-11(10)7-23)18-20-13-3-2-12(19)4-14(13)27-18/h2-4,10-11,15H,5-9H2,1H3,(H,21,26). The Morgan fingerprint density at radius 2 is 1.93 bits per heavy atom. The first-order valence-corrected chi connectivity index (χ1v) is 9.10. The van der Waals surface area contributed by atoms with Crippen LogP contribution in [0.2, 0.25) is 0 Å². The number of carbonyl (C=O) groups excluding carboxylic acids is 2. The topological polar surface area (TPSA) is 81.9 Å². The molecule has 8 nitrogen and oxygen atoms in total. The van der Waals surface area contributed by atoms with Gasteiger partial charge in [0, 0.05) is 39.3 Å². The Labute approximate surface area is 154 Å². The summed E-state index contributed by atoms with van der Waals surface area (Å²) in [5.41, 5.74) is 1.11. The first kappa shape index (κ1) is 16.5. The number of amides is 3. The lowest BCUT2D eigenvalue weighted by Gasteiger charge is -2.35. The Morgan fingerprint density at radius 1 is 1.19 bits per heavy atom. The van der Waals surface area contributed by atoms with Gasteiger partial charge in [-0.05, 0) is 24.0 Å². The molecule has 1 aromatic heterocycles. The highest BCUT2D eigenvalue weighted by molar-refractivity contribution is 5.96. The molecule has 0 saturated carbocycles. The summed E-state index contributed by atoms with van der Waals surface area (Å²) in [7, 11) is 1.50. The summed E-state index contributed by atoms with van der Waals surface area (Å²) in [6.45, 7) is 3.23. The second kappa shape index (κ2) is 5.91. The van der Waals surface area contributed by atoms with Gasteiger partial charge >= 0.3 is 6.03 Å². The molecule has 142 valence electrons. The predicted octanol–water partition coefficient (Wildman–Crippen LogP) is 1.23. The van der Waals surface area contributed by atoms with Crippen molar-refractivity contribution in [3.63, 3.8) is 0 Å². The molecule has 0 radical (unpaired) electrons. The normalized spacial score (nSPS) is 28.9. The number of hydrogen-bond donors (Lipinski definition) is 1. The number of anilines is 1. The molecule has 27 heavy (non-hydrogen) atoms. The van der Waals surface area contributed by atoms with Gasteiger partial charge in [-0.25, -0.2) is 9.18 Å². The number of imide groups is 1. The molecule has 3 amide bonds. The van der Waals surface area contributed by atoms with Gasteiger partial charge in [-0.3, -0.25) is 14.6 Å². The summed E-state index contributed by atoms with van der Waals surface area (Å²) < 4.78 is 19.1. The summed E-state index contributed by atoms with van der Waals surface area (Å²) >= 11 is 0. The van der Waals surface area contributed by atoms with E-state index < -0.39 is 0 Å². The Balaban J connectivity index is 1.26. The van der Waals surface area contributed by atoms with Crippen LogP contribution in [-0.4, -0.2) is 66.1 Å². The lowest BCUT2D eigenvalue weighted by molar-refractivity contribution is -0.130. The van der Waals surface area contributed by atoms with Crippen molar-refractivity contribution in [2.75, 3.05) is 38.1 Å².